The van der Waals surface area contributed by atoms with E-state index < -0.39 is 0 Å². The van der Waals surface area contributed by atoms with Gasteiger partial charge in [-0.1, -0.05) is 146 Å². The first-order chi connectivity index (χ1) is 27.3. The van der Waals surface area contributed by atoms with Crippen LogP contribution in [0.5, 0.6) is 0 Å². The average molecular weight is 703 g/mol. The number of fused-ring (bicyclic) bond motifs is 7. The largest absolute Gasteiger partial charge is 0.455 e. The van der Waals surface area contributed by atoms with E-state index in [0.29, 0.717) is 0 Å². The van der Waals surface area contributed by atoms with Gasteiger partial charge in [0.2, 0.25) is 0 Å². The maximum Gasteiger partial charge on any atom is 0.143 e. The molecule has 1 N–H and O–H groups in total. The van der Waals surface area contributed by atoms with Crippen molar-refractivity contribution in [2.75, 3.05) is 5.32 Å². The van der Waals surface area contributed by atoms with E-state index in [1.165, 1.54) is 49.3 Å². The van der Waals surface area contributed by atoms with Crippen molar-refractivity contribution >= 4 is 65.9 Å². The minimum absolute atomic E-state index is 0.909. The normalized spacial score (nSPS) is 11.6. The molecule has 3 nitrogen and oxygen atoms in total. The van der Waals surface area contributed by atoms with Gasteiger partial charge < -0.3 is 14.3 Å². The molecule has 258 valence electrons. The SMILES string of the molecule is c1ccc(Nc2ccccc2-c2cccc(-c3ccc4c(c3)c3ccccc3n4-c3ccc(-c4cccc5c4oc4ccccc45)c4ccccc34)c2)cc1. The van der Waals surface area contributed by atoms with Gasteiger partial charge in [-0.2, -0.15) is 0 Å². The second kappa shape index (κ2) is 12.6. The highest BCUT2D eigenvalue weighted by molar-refractivity contribution is 6.15. The lowest BCUT2D eigenvalue weighted by atomic mass is 9.95. The third-order valence-corrected chi connectivity index (χ3v) is 11.0. The van der Waals surface area contributed by atoms with Crippen molar-refractivity contribution in [3.8, 4) is 39.1 Å². The van der Waals surface area contributed by atoms with Crippen molar-refractivity contribution in [1.29, 1.82) is 0 Å². The van der Waals surface area contributed by atoms with E-state index in [4.69, 9.17) is 4.42 Å². The second-order valence-corrected chi connectivity index (χ2v) is 14.2. The molecule has 0 radical (unpaired) electrons. The van der Waals surface area contributed by atoms with Gasteiger partial charge >= 0.3 is 0 Å². The first-order valence-corrected chi connectivity index (χ1v) is 18.8. The van der Waals surface area contributed by atoms with Crippen LogP contribution in [0.2, 0.25) is 0 Å². The molecule has 0 aliphatic carbocycles. The molecule has 0 unspecified atom stereocenters. The highest BCUT2D eigenvalue weighted by Crippen LogP contribution is 2.42. The summed E-state index contributed by atoms with van der Waals surface area (Å²) in [4.78, 5) is 0. The Balaban J connectivity index is 1.05. The third kappa shape index (κ3) is 5.13. The highest BCUT2D eigenvalue weighted by atomic mass is 16.3. The number of benzene rings is 9. The number of furan rings is 1. The summed E-state index contributed by atoms with van der Waals surface area (Å²) in [6, 6.07) is 71.5. The summed E-state index contributed by atoms with van der Waals surface area (Å²) >= 11 is 0. The zero-order valence-electron chi connectivity index (χ0n) is 29.9. The van der Waals surface area contributed by atoms with E-state index in [9.17, 15) is 0 Å². The molecule has 2 aromatic heterocycles. The number of nitrogens with one attached hydrogen (secondary N) is 1. The van der Waals surface area contributed by atoms with Crippen molar-refractivity contribution in [3.05, 3.63) is 200 Å². The number of hydrogen-bond acceptors (Lipinski definition) is 2. The van der Waals surface area contributed by atoms with Gasteiger partial charge in [-0.05, 0) is 82.2 Å². The molecule has 0 bridgehead atoms. The van der Waals surface area contributed by atoms with Crippen molar-refractivity contribution < 1.29 is 4.42 Å². The van der Waals surface area contributed by atoms with Crippen LogP contribution in [0.3, 0.4) is 0 Å². The molecule has 0 spiro atoms. The van der Waals surface area contributed by atoms with Crippen molar-refractivity contribution in [2.45, 2.75) is 0 Å². The van der Waals surface area contributed by atoms with Crippen LogP contribution in [-0.2, 0) is 0 Å². The van der Waals surface area contributed by atoms with Gasteiger partial charge in [-0.25, -0.2) is 0 Å². The topological polar surface area (TPSA) is 30.1 Å². The number of anilines is 2. The Bertz CT molecular complexity index is 3240. The maximum absolute atomic E-state index is 6.51. The standard InChI is InChI=1S/C52H34N2O/c1-2-16-37(17-3-1)53-47-25-9-6-18-38(47)36-15-12-14-34(32-36)35-28-30-50-46(33-35)42-21-7-10-26-48(42)54(50)49-31-29-40(39-19-4-5-20-41(39)49)44-23-13-24-45-43-22-8-11-27-51(43)55-52(44)45/h1-33,53H. The molecule has 0 aliphatic rings. The molecule has 0 saturated carbocycles. The van der Waals surface area contributed by atoms with Crippen molar-refractivity contribution in [1.82, 2.24) is 4.57 Å². The van der Waals surface area contributed by atoms with Gasteiger partial charge in [0.1, 0.15) is 11.2 Å². The number of aromatic nitrogens is 1. The number of hydrogen-bond donors (Lipinski definition) is 1. The molecule has 0 amide bonds. The molecule has 0 saturated heterocycles. The van der Waals surface area contributed by atoms with Crippen LogP contribution in [-0.4, -0.2) is 4.57 Å². The molecule has 11 aromatic rings. The van der Waals surface area contributed by atoms with E-state index in [1.807, 2.05) is 12.1 Å². The lowest BCUT2D eigenvalue weighted by Crippen LogP contribution is -1.96. The highest BCUT2D eigenvalue weighted by Gasteiger charge is 2.19. The Labute approximate surface area is 318 Å². The Kier molecular flexibility index (Phi) is 7.17. The monoisotopic (exact) mass is 702 g/mol. The van der Waals surface area contributed by atoms with Crippen LogP contribution in [0, 0.1) is 0 Å². The van der Waals surface area contributed by atoms with Crippen LogP contribution in [0.4, 0.5) is 11.4 Å². The van der Waals surface area contributed by atoms with E-state index >= 15 is 0 Å². The third-order valence-electron chi connectivity index (χ3n) is 11.0. The van der Waals surface area contributed by atoms with Gasteiger partial charge in [-0.3, -0.25) is 0 Å². The predicted octanol–water partition coefficient (Wildman–Crippen LogP) is 14.6. The van der Waals surface area contributed by atoms with Crippen LogP contribution in [0.15, 0.2) is 205 Å². The zero-order valence-corrected chi connectivity index (χ0v) is 29.9. The van der Waals surface area contributed by atoms with Crippen LogP contribution in [0.25, 0.3) is 93.6 Å². The van der Waals surface area contributed by atoms with E-state index in [1.54, 1.807) is 0 Å². The fourth-order valence-corrected chi connectivity index (χ4v) is 8.47. The number of rotatable bonds is 6. The molecule has 0 atom stereocenters. The molecule has 0 fully saturated rings. The average Bonchev–Trinajstić information content (AvgIpc) is 3.80. The molecule has 9 aromatic carbocycles. The van der Waals surface area contributed by atoms with E-state index in [2.05, 4.69) is 198 Å². The second-order valence-electron chi connectivity index (χ2n) is 14.2. The predicted molar refractivity (Wildman–Crippen MR) is 232 cm³/mol. The molecule has 2 heterocycles. The Morgan fingerprint density at radius 3 is 1.93 bits per heavy atom. The Morgan fingerprint density at radius 1 is 0.364 bits per heavy atom. The summed E-state index contributed by atoms with van der Waals surface area (Å²) in [5.74, 6) is 0. The fraction of sp³-hybridized carbons (Fsp3) is 0. The van der Waals surface area contributed by atoms with E-state index in [-0.39, 0.29) is 0 Å². The molecule has 0 aliphatic heterocycles. The van der Waals surface area contributed by atoms with Crippen LogP contribution >= 0.6 is 0 Å². The maximum atomic E-state index is 6.51. The first kappa shape index (κ1) is 31.2. The minimum atomic E-state index is 0.909. The fourth-order valence-electron chi connectivity index (χ4n) is 8.47. The molecule has 55 heavy (non-hydrogen) atoms. The summed E-state index contributed by atoms with van der Waals surface area (Å²) in [5, 5.41) is 10.7. The quantitative estimate of drug-likeness (QED) is 0.187. The summed E-state index contributed by atoms with van der Waals surface area (Å²) in [6.07, 6.45) is 0. The smallest absolute Gasteiger partial charge is 0.143 e. The van der Waals surface area contributed by atoms with Crippen molar-refractivity contribution in [2.24, 2.45) is 0 Å². The number of para-hydroxylation sites is 5. The van der Waals surface area contributed by atoms with Crippen LogP contribution in [0.1, 0.15) is 0 Å². The molecule has 3 heteroatoms. The van der Waals surface area contributed by atoms with Crippen molar-refractivity contribution in [3.63, 3.8) is 0 Å². The summed E-state index contributed by atoms with van der Waals surface area (Å²) in [7, 11) is 0. The van der Waals surface area contributed by atoms with Gasteiger partial charge in [0.25, 0.3) is 0 Å². The lowest BCUT2D eigenvalue weighted by Gasteiger charge is -2.15. The summed E-state index contributed by atoms with van der Waals surface area (Å²) in [6.45, 7) is 0. The van der Waals surface area contributed by atoms with Gasteiger partial charge in [0.15, 0.2) is 0 Å². The number of nitrogens with zero attached hydrogens (tertiary/aromatic N) is 1. The summed E-state index contributed by atoms with van der Waals surface area (Å²) in [5.41, 5.74) is 14.5. The molecular formula is C52H34N2O. The Hall–Kier alpha value is -7.36. The molecule has 11 rings (SSSR count). The summed E-state index contributed by atoms with van der Waals surface area (Å²) < 4.78 is 8.94. The minimum Gasteiger partial charge on any atom is -0.455 e. The van der Waals surface area contributed by atoms with Gasteiger partial charge in [0.05, 0.1) is 16.7 Å². The Morgan fingerprint density at radius 2 is 1.02 bits per heavy atom. The zero-order chi connectivity index (χ0) is 36.3. The lowest BCUT2D eigenvalue weighted by molar-refractivity contribution is 0.670. The van der Waals surface area contributed by atoms with E-state index in [0.717, 1.165) is 55.7 Å². The van der Waals surface area contributed by atoms with Gasteiger partial charge in [0, 0.05) is 49.4 Å². The first-order valence-electron chi connectivity index (χ1n) is 18.8. The van der Waals surface area contributed by atoms with Gasteiger partial charge in [-0.15, -0.1) is 0 Å². The molecular weight excluding hydrogens is 669 g/mol. The van der Waals surface area contributed by atoms with Crippen LogP contribution < -0.4 is 5.32 Å².